The predicted molar refractivity (Wildman–Crippen MR) is 74.9 cm³/mol. The second-order valence-corrected chi connectivity index (χ2v) is 7.23. The van der Waals surface area contributed by atoms with Crippen molar-refractivity contribution in [2.75, 3.05) is 26.3 Å². The molecular weight excluding hydrogens is 252 g/mol. The lowest BCUT2D eigenvalue weighted by molar-refractivity contribution is -0.137. The molecule has 0 saturated carbocycles. The van der Waals surface area contributed by atoms with E-state index in [0.717, 1.165) is 32.7 Å². The number of carbonyl (C=O) groups excluding carboxylic acids is 1. The summed E-state index contributed by atoms with van der Waals surface area (Å²) in [4.78, 5) is 14.9. The molecule has 0 aromatic heterocycles. The highest BCUT2D eigenvalue weighted by Gasteiger charge is 2.54. The number of likely N-dealkylation sites (tertiary alicyclic amines) is 1. The van der Waals surface area contributed by atoms with Gasteiger partial charge in [-0.25, -0.2) is 0 Å². The molecule has 1 aliphatic carbocycles. The Hall–Kier alpha value is -1.18. The Morgan fingerprint density at radius 2 is 2.10 bits per heavy atom. The van der Waals surface area contributed by atoms with Gasteiger partial charge in [-0.1, -0.05) is 26.8 Å². The first-order chi connectivity index (χ1) is 9.38. The van der Waals surface area contributed by atoms with Gasteiger partial charge in [0.15, 0.2) is 5.78 Å². The van der Waals surface area contributed by atoms with Crippen molar-refractivity contribution in [1.29, 1.82) is 5.26 Å². The molecule has 2 fully saturated rings. The number of nitriles is 1. The molecule has 108 valence electrons. The van der Waals surface area contributed by atoms with Crippen molar-refractivity contribution in [2.24, 2.45) is 16.7 Å². The lowest BCUT2D eigenvalue weighted by Gasteiger charge is -2.55. The zero-order chi connectivity index (χ0) is 14.5. The van der Waals surface area contributed by atoms with Crippen LogP contribution in [-0.2, 0) is 9.53 Å². The average molecular weight is 274 g/mol. The summed E-state index contributed by atoms with van der Waals surface area (Å²) in [5, 5.41) is 9.26. The van der Waals surface area contributed by atoms with Crippen LogP contribution in [0.3, 0.4) is 0 Å². The summed E-state index contributed by atoms with van der Waals surface area (Å²) >= 11 is 0. The average Bonchev–Trinajstić information content (AvgIpc) is 2.31. The van der Waals surface area contributed by atoms with Gasteiger partial charge in [-0.2, -0.15) is 5.26 Å². The first-order valence-corrected chi connectivity index (χ1v) is 7.38. The number of rotatable bonds is 1. The number of carbonyl (C=O) groups is 1. The summed E-state index contributed by atoms with van der Waals surface area (Å²) < 4.78 is 5.29. The van der Waals surface area contributed by atoms with E-state index < -0.39 is 5.41 Å². The van der Waals surface area contributed by atoms with Crippen LogP contribution >= 0.6 is 0 Å². The molecule has 0 radical (unpaired) electrons. The maximum Gasteiger partial charge on any atom is 0.178 e. The minimum absolute atomic E-state index is 0.0166. The molecule has 4 nitrogen and oxygen atoms in total. The van der Waals surface area contributed by atoms with Crippen LogP contribution in [-0.4, -0.2) is 43.0 Å². The number of ether oxygens (including phenoxy) is 1. The minimum atomic E-state index is -0.434. The third kappa shape index (κ3) is 1.84. The van der Waals surface area contributed by atoms with Crippen molar-refractivity contribution < 1.29 is 9.53 Å². The molecule has 0 bridgehead atoms. The predicted octanol–water partition coefficient (Wildman–Crippen LogP) is 1.77. The molecule has 2 saturated heterocycles. The first-order valence-electron chi connectivity index (χ1n) is 7.38. The molecular formula is C16H22N2O2. The second-order valence-electron chi connectivity index (χ2n) is 7.23. The molecule has 0 aromatic carbocycles. The standard InChI is InChI=1S/C16H22N2O2/c1-15(2)13-4-5-18(12-8-20-9-12)10-16(13,3)6-11(7-17)14(15)19/h6,12-13H,4-5,8-10H2,1-3H3/t13-,16+/m1/s1. The minimum Gasteiger partial charge on any atom is -0.378 e. The van der Waals surface area contributed by atoms with Gasteiger partial charge in [0, 0.05) is 17.4 Å². The largest absolute Gasteiger partial charge is 0.378 e. The molecule has 3 rings (SSSR count). The van der Waals surface area contributed by atoms with E-state index in [9.17, 15) is 10.1 Å². The number of ketones is 1. The van der Waals surface area contributed by atoms with Crippen LogP contribution in [0, 0.1) is 28.1 Å². The number of Topliss-reactive ketones (excluding diaryl/α,β-unsaturated/α-hetero) is 1. The van der Waals surface area contributed by atoms with Crippen LogP contribution in [0.5, 0.6) is 0 Å². The van der Waals surface area contributed by atoms with Gasteiger partial charge in [-0.05, 0) is 18.9 Å². The van der Waals surface area contributed by atoms with Gasteiger partial charge in [0.2, 0.25) is 0 Å². The summed E-state index contributed by atoms with van der Waals surface area (Å²) in [5.41, 5.74) is -0.173. The molecule has 2 aliphatic heterocycles. The molecule has 0 unspecified atom stereocenters. The second kappa shape index (κ2) is 4.41. The molecule has 20 heavy (non-hydrogen) atoms. The quantitative estimate of drug-likeness (QED) is 0.731. The van der Waals surface area contributed by atoms with E-state index in [1.165, 1.54) is 0 Å². The van der Waals surface area contributed by atoms with Crippen LogP contribution < -0.4 is 0 Å². The lowest BCUT2D eigenvalue weighted by atomic mass is 9.55. The van der Waals surface area contributed by atoms with Crippen molar-refractivity contribution in [3.63, 3.8) is 0 Å². The zero-order valence-electron chi connectivity index (χ0n) is 12.5. The Kier molecular flexibility index (Phi) is 3.04. The van der Waals surface area contributed by atoms with Crippen molar-refractivity contribution in [3.05, 3.63) is 11.6 Å². The van der Waals surface area contributed by atoms with Crippen molar-refractivity contribution in [1.82, 2.24) is 4.90 Å². The fourth-order valence-corrected chi connectivity index (χ4v) is 4.31. The van der Waals surface area contributed by atoms with Crippen LogP contribution in [0.25, 0.3) is 0 Å². The van der Waals surface area contributed by atoms with Crippen LogP contribution in [0.1, 0.15) is 27.2 Å². The third-order valence-electron chi connectivity index (χ3n) is 5.48. The summed E-state index contributed by atoms with van der Waals surface area (Å²) in [5.74, 6) is 0.333. The highest BCUT2D eigenvalue weighted by molar-refractivity contribution is 6.04. The monoisotopic (exact) mass is 274 g/mol. The van der Waals surface area contributed by atoms with E-state index in [0.29, 0.717) is 17.5 Å². The van der Waals surface area contributed by atoms with Gasteiger partial charge in [0.1, 0.15) is 6.07 Å². The highest BCUT2D eigenvalue weighted by Crippen LogP contribution is 2.52. The van der Waals surface area contributed by atoms with Gasteiger partial charge in [-0.3, -0.25) is 9.69 Å². The van der Waals surface area contributed by atoms with Crippen LogP contribution in [0.15, 0.2) is 11.6 Å². The van der Waals surface area contributed by atoms with E-state index >= 15 is 0 Å². The zero-order valence-corrected chi connectivity index (χ0v) is 12.5. The molecule has 2 heterocycles. The number of allylic oxidation sites excluding steroid dienone is 1. The number of nitrogens with zero attached hydrogens (tertiary/aromatic N) is 2. The molecule has 3 aliphatic rings. The third-order valence-corrected chi connectivity index (χ3v) is 5.48. The number of hydrogen-bond acceptors (Lipinski definition) is 4. The van der Waals surface area contributed by atoms with E-state index in [1.54, 1.807) is 0 Å². The van der Waals surface area contributed by atoms with Crippen molar-refractivity contribution in [2.45, 2.75) is 33.2 Å². The molecule has 0 amide bonds. The van der Waals surface area contributed by atoms with Crippen LogP contribution in [0.4, 0.5) is 0 Å². The van der Waals surface area contributed by atoms with Crippen molar-refractivity contribution >= 4 is 5.78 Å². The normalized spacial score (nSPS) is 37.6. The molecule has 4 heteroatoms. The van der Waals surface area contributed by atoms with E-state index in [-0.39, 0.29) is 11.2 Å². The summed E-state index contributed by atoms with van der Waals surface area (Å²) in [6.07, 6.45) is 2.96. The smallest absolute Gasteiger partial charge is 0.178 e. The number of piperidine rings is 1. The topological polar surface area (TPSA) is 53.3 Å². The van der Waals surface area contributed by atoms with E-state index in [2.05, 4.69) is 17.9 Å². The Labute approximate surface area is 120 Å². The fraction of sp³-hybridized carbons (Fsp3) is 0.750. The maximum absolute atomic E-state index is 12.4. The van der Waals surface area contributed by atoms with E-state index in [1.807, 2.05) is 19.9 Å². The van der Waals surface area contributed by atoms with Gasteiger partial charge in [-0.15, -0.1) is 0 Å². The van der Waals surface area contributed by atoms with Gasteiger partial charge >= 0.3 is 0 Å². The summed E-state index contributed by atoms with van der Waals surface area (Å²) in [7, 11) is 0. The Balaban J connectivity index is 1.94. The summed E-state index contributed by atoms with van der Waals surface area (Å²) in [6.45, 7) is 9.80. The molecule has 0 N–H and O–H groups in total. The molecule has 0 aromatic rings. The SMILES string of the molecule is CC1(C)C(=O)C(C#N)=C[C@@]2(C)CN(C3COC3)CC[C@H]12. The Morgan fingerprint density at radius 1 is 1.40 bits per heavy atom. The first kappa shape index (κ1) is 13.8. The molecule has 2 atom stereocenters. The van der Waals surface area contributed by atoms with Crippen LogP contribution in [0.2, 0.25) is 0 Å². The number of hydrogen-bond donors (Lipinski definition) is 0. The summed E-state index contributed by atoms with van der Waals surface area (Å²) in [6, 6.07) is 2.63. The Morgan fingerprint density at radius 3 is 2.65 bits per heavy atom. The molecule has 0 spiro atoms. The van der Waals surface area contributed by atoms with E-state index in [4.69, 9.17) is 4.74 Å². The number of fused-ring (bicyclic) bond motifs is 1. The highest BCUT2D eigenvalue weighted by atomic mass is 16.5. The Bertz CT molecular complexity index is 513. The van der Waals surface area contributed by atoms with Gasteiger partial charge < -0.3 is 4.74 Å². The fourth-order valence-electron chi connectivity index (χ4n) is 4.31. The maximum atomic E-state index is 12.4. The van der Waals surface area contributed by atoms with Gasteiger partial charge in [0.25, 0.3) is 0 Å². The lowest BCUT2D eigenvalue weighted by Crippen LogP contribution is -2.60. The van der Waals surface area contributed by atoms with Gasteiger partial charge in [0.05, 0.1) is 24.8 Å². The van der Waals surface area contributed by atoms with Crippen molar-refractivity contribution in [3.8, 4) is 6.07 Å².